The number of benzene rings is 1. The summed E-state index contributed by atoms with van der Waals surface area (Å²) < 4.78 is 6.28. The fourth-order valence-corrected chi connectivity index (χ4v) is 2.22. The predicted molar refractivity (Wildman–Crippen MR) is 78.9 cm³/mol. The van der Waals surface area contributed by atoms with Gasteiger partial charge in [-0.25, -0.2) is 0 Å². The maximum absolute atomic E-state index is 12.5. The van der Waals surface area contributed by atoms with E-state index in [9.17, 15) is 9.59 Å². The number of nitrogens with zero attached hydrogens (tertiary/aromatic N) is 3. The minimum atomic E-state index is -0.265. The summed E-state index contributed by atoms with van der Waals surface area (Å²) in [5, 5.41) is 5.14. The highest BCUT2D eigenvalue weighted by atomic mass is 16.5. The van der Waals surface area contributed by atoms with Crippen LogP contribution < -0.4 is 0 Å². The molecule has 1 aromatic heterocycles. The summed E-state index contributed by atoms with van der Waals surface area (Å²) in [7, 11) is 4.89. The maximum atomic E-state index is 12.5. The van der Waals surface area contributed by atoms with E-state index in [0.717, 1.165) is 10.9 Å². The highest BCUT2D eigenvalue weighted by molar-refractivity contribution is 6.04. The summed E-state index contributed by atoms with van der Waals surface area (Å²) in [6, 6.07) is 7.62. The molecule has 0 aliphatic carbocycles. The summed E-state index contributed by atoms with van der Waals surface area (Å²) in [6.07, 6.45) is 0.872. The Morgan fingerprint density at radius 1 is 1.33 bits per heavy atom. The van der Waals surface area contributed by atoms with Gasteiger partial charge in [0.1, 0.15) is 0 Å². The summed E-state index contributed by atoms with van der Waals surface area (Å²) >= 11 is 0. The monoisotopic (exact) mass is 289 g/mol. The van der Waals surface area contributed by atoms with Crippen molar-refractivity contribution in [1.29, 1.82) is 0 Å². The van der Waals surface area contributed by atoms with Gasteiger partial charge in [0.25, 0.3) is 5.91 Å². The molecular formula is C15H19N3O3. The molecule has 0 saturated carbocycles. The minimum Gasteiger partial charge on any atom is -0.469 e. The number of ether oxygens (including phenoxy) is 1. The lowest BCUT2D eigenvalue weighted by molar-refractivity contribution is -0.140. The predicted octanol–water partition coefficient (Wildman–Crippen LogP) is 1.60. The normalized spacial score (nSPS) is 10.6. The van der Waals surface area contributed by atoms with E-state index >= 15 is 0 Å². The first kappa shape index (κ1) is 15.0. The number of hydrogen-bond donors (Lipinski definition) is 0. The van der Waals surface area contributed by atoms with E-state index in [2.05, 4.69) is 9.84 Å². The zero-order valence-electron chi connectivity index (χ0n) is 12.5. The van der Waals surface area contributed by atoms with Gasteiger partial charge in [-0.05, 0) is 12.5 Å². The van der Waals surface area contributed by atoms with Gasteiger partial charge >= 0.3 is 5.97 Å². The van der Waals surface area contributed by atoms with Crippen molar-refractivity contribution in [1.82, 2.24) is 14.7 Å². The third-order valence-corrected chi connectivity index (χ3v) is 3.41. The number of aryl methyl sites for hydroxylation is 1. The van der Waals surface area contributed by atoms with Crippen LogP contribution in [0.5, 0.6) is 0 Å². The van der Waals surface area contributed by atoms with Gasteiger partial charge in [-0.3, -0.25) is 14.3 Å². The Labute approximate surface area is 123 Å². The van der Waals surface area contributed by atoms with Gasteiger partial charge in [-0.2, -0.15) is 5.10 Å². The van der Waals surface area contributed by atoms with E-state index in [-0.39, 0.29) is 11.9 Å². The number of fused-ring (bicyclic) bond motifs is 1. The van der Waals surface area contributed by atoms with Crippen molar-refractivity contribution in [2.75, 3.05) is 20.7 Å². The Morgan fingerprint density at radius 2 is 2.05 bits per heavy atom. The molecule has 0 aliphatic heterocycles. The quantitative estimate of drug-likeness (QED) is 0.784. The number of carbonyl (C=O) groups is 2. The smallest absolute Gasteiger partial charge is 0.305 e. The summed E-state index contributed by atoms with van der Waals surface area (Å²) in [4.78, 5) is 25.1. The lowest BCUT2D eigenvalue weighted by Gasteiger charge is -2.15. The van der Waals surface area contributed by atoms with E-state index in [1.165, 1.54) is 7.11 Å². The molecule has 1 heterocycles. The molecule has 112 valence electrons. The van der Waals surface area contributed by atoms with Crippen LogP contribution in [0.2, 0.25) is 0 Å². The first-order chi connectivity index (χ1) is 10.0. The zero-order valence-corrected chi connectivity index (χ0v) is 12.5. The second kappa shape index (κ2) is 6.39. The lowest BCUT2D eigenvalue weighted by atomic mass is 10.2. The van der Waals surface area contributed by atoms with Crippen LogP contribution in [0.3, 0.4) is 0 Å². The highest BCUT2D eigenvalue weighted by Gasteiger charge is 2.19. The molecule has 0 saturated heterocycles. The Balaban J connectivity index is 2.09. The molecule has 0 aliphatic rings. The number of carbonyl (C=O) groups excluding carboxylic acids is 2. The number of para-hydroxylation sites is 1. The molecule has 6 nitrogen and oxygen atoms in total. The largest absolute Gasteiger partial charge is 0.469 e. The molecule has 0 spiro atoms. The first-order valence-corrected chi connectivity index (χ1v) is 6.78. The molecule has 21 heavy (non-hydrogen) atoms. The van der Waals surface area contributed by atoms with Crippen LogP contribution in [-0.4, -0.2) is 47.3 Å². The standard InChI is InChI=1S/C15H19N3O3/c1-17(10-6-9-13(19)21-3)15(20)14-11-7-4-5-8-12(11)18(2)16-14/h4-5,7-8H,6,9-10H2,1-3H3. The number of hydrogen-bond acceptors (Lipinski definition) is 4. The third-order valence-electron chi connectivity index (χ3n) is 3.41. The fraction of sp³-hybridized carbons (Fsp3) is 0.400. The van der Waals surface area contributed by atoms with Gasteiger partial charge in [-0.15, -0.1) is 0 Å². The zero-order chi connectivity index (χ0) is 15.4. The van der Waals surface area contributed by atoms with Crippen molar-refractivity contribution in [2.45, 2.75) is 12.8 Å². The van der Waals surface area contributed by atoms with Crippen molar-refractivity contribution in [3.63, 3.8) is 0 Å². The van der Waals surface area contributed by atoms with Gasteiger partial charge in [0.2, 0.25) is 0 Å². The fourth-order valence-electron chi connectivity index (χ4n) is 2.22. The highest BCUT2D eigenvalue weighted by Crippen LogP contribution is 2.18. The lowest BCUT2D eigenvalue weighted by Crippen LogP contribution is -2.28. The average Bonchev–Trinajstić information content (AvgIpc) is 2.83. The maximum Gasteiger partial charge on any atom is 0.305 e. The first-order valence-electron chi connectivity index (χ1n) is 6.78. The third kappa shape index (κ3) is 3.21. The molecule has 0 atom stereocenters. The molecule has 1 amide bonds. The van der Waals surface area contributed by atoms with Gasteiger partial charge in [0.15, 0.2) is 5.69 Å². The topological polar surface area (TPSA) is 64.4 Å². The summed E-state index contributed by atoms with van der Waals surface area (Å²) in [5.41, 5.74) is 1.36. The van der Waals surface area contributed by atoms with E-state index in [0.29, 0.717) is 25.1 Å². The van der Waals surface area contributed by atoms with Crippen molar-refractivity contribution in [2.24, 2.45) is 7.05 Å². The van der Waals surface area contributed by atoms with E-state index in [4.69, 9.17) is 0 Å². The molecule has 6 heteroatoms. The number of esters is 1. The Hall–Kier alpha value is -2.37. The SMILES string of the molecule is COC(=O)CCCN(C)C(=O)c1nn(C)c2ccccc12. The van der Waals surface area contributed by atoms with Crippen molar-refractivity contribution < 1.29 is 14.3 Å². The van der Waals surface area contributed by atoms with Gasteiger partial charge < -0.3 is 9.64 Å². The summed E-state index contributed by atoms with van der Waals surface area (Å²) in [5.74, 6) is -0.407. The second-order valence-corrected chi connectivity index (χ2v) is 4.90. The number of amides is 1. The molecule has 0 unspecified atom stereocenters. The number of rotatable bonds is 5. The van der Waals surface area contributed by atoms with Crippen LogP contribution in [0.25, 0.3) is 10.9 Å². The van der Waals surface area contributed by atoms with E-state index < -0.39 is 0 Å². The van der Waals surface area contributed by atoms with Crippen molar-refractivity contribution in [3.05, 3.63) is 30.0 Å². The van der Waals surface area contributed by atoms with Crippen LogP contribution in [-0.2, 0) is 16.6 Å². The average molecular weight is 289 g/mol. The second-order valence-electron chi connectivity index (χ2n) is 4.90. The molecule has 0 radical (unpaired) electrons. The van der Waals surface area contributed by atoms with E-state index in [1.54, 1.807) is 16.6 Å². The molecule has 0 bridgehead atoms. The van der Waals surface area contributed by atoms with Gasteiger partial charge in [0.05, 0.1) is 12.6 Å². The Morgan fingerprint density at radius 3 is 2.76 bits per heavy atom. The molecule has 0 fully saturated rings. The molecule has 1 aromatic carbocycles. The van der Waals surface area contributed by atoms with Gasteiger partial charge in [0, 0.05) is 32.4 Å². The van der Waals surface area contributed by atoms with Crippen LogP contribution in [0, 0.1) is 0 Å². The van der Waals surface area contributed by atoms with Crippen molar-refractivity contribution in [3.8, 4) is 0 Å². The Bertz CT molecular complexity index is 663. The molecule has 0 N–H and O–H groups in total. The van der Waals surface area contributed by atoms with Crippen LogP contribution in [0.15, 0.2) is 24.3 Å². The van der Waals surface area contributed by atoms with E-state index in [1.807, 2.05) is 31.3 Å². The summed E-state index contributed by atoms with van der Waals surface area (Å²) in [6.45, 7) is 0.485. The van der Waals surface area contributed by atoms with Gasteiger partial charge in [-0.1, -0.05) is 18.2 Å². The van der Waals surface area contributed by atoms with Crippen molar-refractivity contribution >= 4 is 22.8 Å². The molecular weight excluding hydrogens is 270 g/mol. The Kier molecular flexibility index (Phi) is 4.57. The minimum absolute atomic E-state index is 0.142. The van der Waals surface area contributed by atoms with Crippen LogP contribution in [0.4, 0.5) is 0 Å². The molecule has 2 rings (SSSR count). The van der Waals surface area contributed by atoms with Crippen LogP contribution in [0.1, 0.15) is 23.3 Å². The van der Waals surface area contributed by atoms with Crippen LogP contribution >= 0.6 is 0 Å². The molecule has 2 aromatic rings. The number of methoxy groups -OCH3 is 1. The number of aromatic nitrogens is 2.